The first kappa shape index (κ1) is 19.2. The lowest BCUT2D eigenvalue weighted by molar-refractivity contribution is 0.0752. The molecule has 0 fully saturated rings. The number of benzene rings is 2. The van der Waals surface area contributed by atoms with Crippen LogP contribution in [0.2, 0.25) is 0 Å². The largest absolute Gasteiger partial charge is 0.507 e. The number of hydrogen-bond donors (Lipinski definition) is 2. The number of anilines is 1. The molecule has 2 N–H and O–H groups in total. The molecule has 2 aromatic carbocycles. The SMILES string of the molecule is CC(C)N(C)C(=O)c1cc(C(=O)N(C)c2ccc(F)cc2)c(O)cc1O. The number of carbonyl (C=O) groups is 2. The lowest BCUT2D eigenvalue weighted by Crippen LogP contribution is -2.33. The van der Waals surface area contributed by atoms with E-state index in [1.54, 1.807) is 7.05 Å². The molecule has 2 aromatic rings. The highest BCUT2D eigenvalue weighted by Gasteiger charge is 2.24. The van der Waals surface area contributed by atoms with E-state index in [9.17, 15) is 24.2 Å². The summed E-state index contributed by atoms with van der Waals surface area (Å²) in [7, 11) is 3.04. The van der Waals surface area contributed by atoms with Gasteiger partial charge in [-0.25, -0.2) is 4.39 Å². The molecule has 0 atom stereocenters. The van der Waals surface area contributed by atoms with Crippen LogP contribution in [0.5, 0.6) is 11.5 Å². The topological polar surface area (TPSA) is 81.1 Å². The van der Waals surface area contributed by atoms with Crippen LogP contribution in [0.25, 0.3) is 0 Å². The second kappa shape index (κ2) is 7.43. The van der Waals surface area contributed by atoms with Crippen molar-refractivity contribution in [2.75, 3.05) is 19.0 Å². The average molecular weight is 360 g/mol. The molecule has 138 valence electrons. The molecule has 0 bridgehead atoms. The number of rotatable bonds is 4. The quantitative estimate of drug-likeness (QED) is 0.878. The van der Waals surface area contributed by atoms with Crippen molar-refractivity contribution in [2.24, 2.45) is 0 Å². The third kappa shape index (κ3) is 3.77. The molecule has 0 aliphatic rings. The molecule has 6 nitrogen and oxygen atoms in total. The summed E-state index contributed by atoms with van der Waals surface area (Å²) >= 11 is 0. The number of halogens is 1. The van der Waals surface area contributed by atoms with E-state index in [2.05, 4.69) is 0 Å². The third-order valence-corrected chi connectivity index (χ3v) is 4.19. The zero-order valence-corrected chi connectivity index (χ0v) is 15.0. The number of nitrogens with zero attached hydrogens (tertiary/aromatic N) is 2. The van der Waals surface area contributed by atoms with Crippen molar-refractivity contribution in [2.45, 2.75) is 19.9 Å². The molecule has 2 rings (SSSR count). The smallest absolute Gasteiger partial charge is 0.261 e. The van der Waals surface area contributed by atoms with E-state index < -0.39 is 29.1 Å². The molecule has 0 aliphatic heterocycles. The lowest BCUT2D eigenvalue weighted by Gasteiger charge is -2.23. The van der Waals surface area contributed by atoms with Gasteiger partial charge in [-0.3, -0.25) is 9.59 Å². The van der Waals surface area contributed by atoms with E-state index in [4.69, 9.17) is 0 Å². The van der Waals surface area contributed by atoms with E-state index >= 15 is 0 Å². The van der Waals surface area contributed by atoms with Crippen molar-refractivity contribution in [3.63, 3.8) is 0 Å². The Labute approximate surface area is 151 Å². The molecular formula is C19H21FN2O4. The van der Waals surface area contributed by atoms with Crippen LogP contribution in [0.4, 0.5) is 10.1 Å². The molecule has 0 aromatic heterocycles. The highest BCUT2D eigenvalue weighted by atomic mass is 19.1. The Bertz CT molecular complexity index is 834. The van der Waals surface area contributed by atoms with E-state index in [-0.39, 0.29) is 17.2 Å². The zero-order valence-electron chi connectivity index (χ0n) is 15.0. The van der Waals surface area contributed by atoms with Crippen LogP contribution >= 0.6 is 0 Å². The van der Waals surface area contributed by atoms with Crippen molar-refractivity contribution >= 4 is 17.5 Å². The number of amides is 2. The predicted molar refractivity (Wildman–Crippen MR) is 96.1 cm³/mol. The Hall–Kier alpha value is -3.09. The van der Waals surface area contributed by atoms with Gasteiger partial charge in [0.2, 0.25) is 0 Å². The van der Waals surface area contributed by atoms with Crippen LogP contribution in [-0.4, -0.2) is 47.1 Å². The van der Waals surface area contributed by atoms with Gasteiger partial charge in [0.15, 0.2) is 0 Å². The van der Waals surface area contributed by atoms with Crippen molar-refractivity contribution < 1.29 is 24.2 Å². The standard InChI is InChI=1S/C19H21FN2O4/c1-11(2)21(3)18(25)14-9-15(17(24)10-16(14)23)19(26)22(4)13-7-5-12(20)6-8-13/h5-11,23-24H,1-4H3. The Morgan fingerprint density at radius 3 is 1.92 bits per heavy atom. The third-order valence-electron chi connectivity index (χ3n) is 4.19. The molecule has 7 heteroatoms. The minimum absolute atomic E-state index is 0.0881. The van der Waals surface area contributed by atoms with E-state index in [0.29, 0.717) is 5.69 Å². The molecule has 0 heterocycles. The Morgan fingerprint density at radius 1 is 0.923 bits per heavy atom. The Morgan fingerprint density at radius 2 is 1.42 bits per heavy atom. The number of carbonyl (C=O) groups excluding carboxylic acids is 2. The van der Waals surface area contributed by atoms with Gasteiger partial charge in [0, 0.05) is 31.9 Å². The van der Waals surface area contributed by atoms with Gasteiger partial charge in [-0.15, -0.1) is 0 Å². The Balaban J connectivity index is 2.42. The van der Waals surface area contributed by atoms with Gasteiger partial charge in [0.25, 0.3) is 11.8 Å². The van der Waals surface area contributed by atoms with Gasteiger partial charge in [-0.2, -0.15) is 0 Å². The van der Waals surface area contributed by atoms with Crippen LogP contribution < -0.4 is 4.90 Å². The molecule has 0 saturated carbocycles. The van der Waals surface area contributed by atoms with Gasteiger partial charge in [0.05, 0.1) is 11.1 Å². The predicted octanol–water partition coefficient (Wildman–Crippen LogP) is 2.99. The van der Waals surface area contributed by atoms with Crippen molar-refractivity contribution in [1.29, 1.82) is 0 Å². The normalized spacial score (nSPS) is 10.7. The summed E-state index contributed by atoms with van der Waals surface area (Å²) in [6, 6.07) is 7.27. The fourth-order valence-corrected chi connectivity index (χ4v) is 2.31. The summed E-state index contributed by atoms with van der Waals surface area (Å²) in [5.41, 5.74) is 0.182. The molecule has 0 aliphatic carbocycles. The van der Waals surface area contributed by atoms with Crippen LogP contribution in [0.15, 0.2) is 36.4 Å². The maximum absolute atomic E-state index is 13.1. The fraction of sp³-hybridized carbons (Fsp3) is 0.263. The average Bonchev–Trinajstić information content (AvgIpc) is 2.60. The van der Waals surface area contributed by atoms with Crippen molar-refractivity contribution in [3.8, 4) is 11.5 Å². The summed E-state index contributed by atoms with van der Waals surface area (Å²) in [6.45, 7) is 3.62. The zero-order chi connectivity index (χ0) is 19.6. The summed E-state index contributed by atoms with van der Waals surface area (Å²) in [5, 5.41) is 20.1. The van der Waals surface area contributed by atoms with Gasteiger partial charge in [0.1, 0.15) is 17.3 Å². The van der Waals surface area contributed by atoms with Gasteiger partial charge >= 0.3 is 0 Å². The summed E-state index contributed by atoms with van der Waals surface area (Å²) in [5.74, 6) is -2.38. The molecule has 0 unspecified atom stereocenters. The number of phenolic OH excluding ortho intramolecular Hbond substituents is 2. The second-order valence-corrected chi connectivity index (χ2v) is 6.24. The first-order valence-corrected chi connectivity index (χ1v) is 8.00. The van der Waals surface area contributed by atoms with Crippen LogP contribution in [0.1, 0.15) is 34.6 Å². The highest BCUT2D eigenvalue weighted by Crippen LogP contribution is 2.30. The second-order valence-electron chi connectivity index (χ2n) is 6.24. The van der Waals surface area contributed by atoms with Crippen molar-refractivity contribution in [1.82, 2.24) is 4.90 Å². The maximum atomic E-state index is 13.1. The Kier molecular flexibility index (Phi) is 5.50. The molecule has 0 saturated heterocycles. The van der Waals surface area contributed by atoms with Crippen LogP contribution in [0, 0.1) is 5.82 Å². The summed E-state index contributed by atoms with van der Waals surface area (Å²) < 4.78 is 13.1. The monoisotopic (exact) mass is 360 g/mol. The minimum Gasteiger partial charge on any atom is -0.507 e. The van der Waals surface area contributed by atoms with Gasteiger partial charge in [-0.05, 0) is 44.2 Å². The van der Waals surface area contributed by atoms with Crippen LogP contribution in [-0.2, 0) is 0 Å². The van der Waals surface area contributed by atoms with E-state index in [1.807, 2.05) is 13.8 Å². The van der Waals surface area contributed by atoms with E-state index in [0.717, 1.165) is 12.1 Å². The number of phenols is 2. The highest BCUT2D eigenvalue weighted by molar-refractivity contribution is 6.09. The summed E-state index contributed by atoms with van der Waals surface area (Å²) in [4.78, 5) is 27.8. The lowest BCUT2D eigenvalue weighted by atomic mass is 10.1. The van der Waals surface area contributed by atoms with Gasteiger partial charge < -0.3 is 20.0 Å². The molecular weight excluding hydrogens is 339 g/mol. The number of hydrogen-bond acceptors (Lipinski definition) is 4. The fourth-order valence-electron chi connectivity index (χ4n) is 2.31. The molecule has 0 spiro atoms. The molecule has 0 radical (unpaired) electrons. The first-order valence-electron chi connectivity index (χ1n) is 8.00. The maximum Gasteiger partial charge on any atom is 0.261 e. The minimum atomic E-state index is -0.602. The summed E-state index contributed by atoms with van der Waals surface area (Å²) in [6.07, 6.45) is 0. The molecule has 26 heavy (non-hydrogen) atoms. The van der Waals surface area contributed by atoms with Crippen molar-refractivity contribution in [3.05, 3.63) is 53.3 Å². The van der Waals surface area contributed by atoms with Crippen LogP contribution in [0.3, 0.4) is 0 Å². The molecule has 2 amide bonds. The first-order chi connectivity index (χ1) is 12.1. The van der Waals surface area contributed by atoms with Gasteiger partial charge in [-0.1, -0.05) is 0 Å². The van der Waals surface area contributed by atoms with E-state index in [1.165, 1.54) is 41.1 Å². The number of aromatic hydroxyl groups is 2.